The van der Waals surface area contributed by atoms with Crippen LogP contribution in [0.25, 0.3) is 16.9 Å². The van der Waals surface area contributed by atoms with Crippen molar-refractivity contribution in [2.75, 3.05) is 0 Å². The zero-order valence-corrected chi connectivity index (χ0v) is 10.2. The molecule has 1 aromatic carbocycles. The highest BCUT2D eigenvalue weighted by Gasteiger charge is 2.06. The number of pyridine rings is 1. The molecule has 0 unspecified atom stereocenters. The Morgan fingerprint density at radius 3 is 2.61 bits per heavy atom. The Balaban J connectivity index is 2.16. The second-order valence-corrected chi connectivity index (χ2v) is 4.40. The molecular formula is C15H14N2O. The van der Waals surface area contributed by atoms with E-state index in [2.05, 4.69) is 36.2 Å². The van der Waals surface area contributed by atoms with Crippen molar-refractivity contribution in [1.82, 2.24) is 9.38 Å². The predicted octanol–water partition coefficient (Wildman–Crippen LogP) is 2.80. The lowest BCUT2D eigenvalue weighted by atomic mass is 10.1. The summed E-state index contributed by atoms with van der Waals surface area (Å²) in [6, 6.07) is 14.0. The molecule has 90 valence electrons. The van der Waals surface area contributed by atoms with Crippen molar-refractivity contribution >= 4 is 5.65 Å². The van der Waals surface area contributed by atoms with Gasteiger partial charge in [0.25, 0.3) is 0 Å². The van der Waals surface area contributed by atoms with E-state index >= 15 is 0 Å². The van der Waals surface area contributed by atoms with Crippen LogP contribution in [0.2, 0.25) is 0 Å². The van der Waals surface area contributed by atoms with Crippen molar-refractivity contribution in [3.8, 4) is 11.3 Å². The van der Waals surface area contributed by atoms with Crippen LogP contribution in [0.5, 0.6) is 0 Å². The molecule has 0 saturated carbocycles. The van der Waals surface area contributed by atoms with E-state index in [1.807, 2.05) is 28.8 Å². The number of imidazole rings is 1. The van der Waals surface area contributed by atoms with Gasteiger partial charge in [-0.15, -0.1) is 0 Å². The predicted molar refractivity (Wildman–Crippen MR) is 71.3 cm³/mol. The van der Waals surface area contributed by atoms with Gasteiger partial charge in [-0.1, -0.05) is 35.9 Å². The first-order chi connectivity index (χ1) is 8.78. The number of benzene rings is 1. The molecule has 0 radical (unpaired) electrons. The summed E-state index contributed by atoms with van der Waals surface area (Å²) < 4.78 is 1.93. The molecule has 3 aromatic rings. The van der Waals surface area contributed by atoms with Crippen molar-refractivity contribution < 1.29 is 5.11 Å². The van der Waals surface area contributed by atoms with Gasteiger partial charge in [0.1, 0.15) is 5.65 Å². The molecule has 0 atom stereocenters. The van der Waals surface area contributed by atoms with E-state index in [1.54, 1.807) is 0 Å². The minimum Gasteiger partial charge on any atom is -0.390 e. The minimum atomic E-state index is 0.0149. The van der Waals surface area contributed by atoms with E-state index < -0.39 is 0 Å². The molecule has 3 rings (SSSR count). The third-order valence-electron chi connectivity index (χ3n) is 3.09. The second-order valence-electron chi connectivity index (χ2n) is 4.40. The summed E-state index contributed by atoms with van der Waals surface area (Å²) in [6.45, 7) is 2.08. The van der Waals surface area contributed by atoms with E-state index in [9.17, 15) is 5.11 Å². The summed E-state index contributed by atoms with van der Waals surface area (Å²) >= 11 is 0. The number of rotatable bonds is 2. The van der Waals surface area contributed by atoms with Crippen LogP contribution in [0.1, 0.15) is 11.3 Å². The van der Waals surface area contributed by atoms with Crippen LogP contribution >= 0.6 is 0 Å². The smallest absolute Gasteiger partial charge is 0.137 e. The fraction of sp³-hybridized carbons (Fsp3) is 0.133. The van der Waals surface area contributed by atoms with Crippen molar-refractivity contribution in [1.29, 1.82) is 0 Å². The standard InChI is InChI=1S/C15H14N2O/c1-11-5-7-12(8-6-11)14-9-17-13(10-18)3-2-4-15(17)16-14/h2-9,18H,10H2,1H3. The number of aliphatic hydroxyl groups excluding tert-OH is 1. The van der Waals surface area contributed by atoms with Crippen molar-refractivity contribution in [3.63, 3.8) is 0 Å². The molecule has 2 heterocycles. The Hall–Kier alpha value is -2.13. The lowest BCUT2D eigenvalue weighted by Gasteiger charge is -1.99. The van der Waals surface area contributed by atoms with E-state index in [4.69, 9.17) is 0 Å². The van der Waals surface area contributed by atoms with E-state index in [0.717, 1.165) is 22.6 Å². The Labute approximate surface area is 105 Å². The van der Waals surface area contributed by atoms with Crippen LogP contribution in [-0.4, -0.2) is 14.5 Å². The molecule has 0 amide bonds. The van der Waals surface area contributed by atoms with E-state index in [1.165, 1.54) is 5.56 Å². The van der Waals surface area contributed by atoms with Gasteiger partial charge in [-0.2, -0.15) is 0 Å². The third kappa shape index (κ3) is 1.79. The Morgan fingerprint density at radius 2 is 1.89 bits per heavy atom. The number of aliphatic hydroxyl groups is 1. The summed E-state index contributed by atoms with van der Waals surface area (Å²) in [4.78, 5) is 4.57. The number of hydrogen-bond acceptors (Lipinski definition) is 2. The molecule has 0 aliphatic carbocycles. The van der Waals surface area contributed by atoms with Gasteiger partial charge in [0.15, 0.2) is 0 Å². The first kappa shape index (κ1) is 11.0. The monoisotopic (exact) mass is 238 g/mol. The number of hydrogen-bond donors (Lipinski definition) is 1. The van der Waals surface area contributed by atoms with Crippen molar-refractivity contribution in [3.05, 3.63) is 59.9 Å². The lowest BCUT2D eigenvalue weighted by molar-refractivity contribution is 0.275. The highest BCUT2D eigenvalue weighted by molar-refractivity contribution is 5.63. The molecule has 0 spiro atoms. The van der Waals surface area contributed by atoms with Crippen LogP contribution in [0.4, 0.5) is 0 Å². The summed E-state index contributed by atoms with van der Waals surface area (Å²) in [6.07, 6.45) is 1.96. The lowest BCUT2D eigenvalue weighted by Crippen LogP contribution is -1.93. The Bertz CT molecular complexity index is 683. The van der Waals surface area contributed by atoms with Crippen LogP contribution in [-0.2, 0) is 6.61 Å². The molecule has 18 heavy (non-hydrogen) atoms. The highest BCUT2D eigenvalue weighted by atomic mass is 16.3. The summed E-state index contributed by atoms with van der Waals surface area (Å²) in [5, 5.41) is 9.30. The van der Waals surface area contributed by atoms with Crippen LogP contribution < -0.4 is 0 Å². The molecule has 0 aliphatic heterocycles. The van der Waals surface area contributed by atoms with Gasteiger partial charge in [-0.05, 0) is 19.1 Å². The average Bonchev–Trinajstić information content (AvgIpc) is 2.83. The van der Waals surface area contributed by atoms with Gasteiger partial charge in [-0.25, -0.2) is 4.98 Å². The maximum Gasteiger partial charge on any atom is 0.137 e. The van der Waals surface area contributed by atoms with E-state index in [-0.39, 0.29) is 6.61 Å². The molecule has 0 saturated heterocycles. The number of aromatic nitrogens is 2. The molecule has 1 N–H and O–H groups in total. The SMILES string of the molecule is Cc1ccc(-c2cn3c(CO)cccc3n2)cc1. The third-order valence-corrected chi connectivity index (χ3v) is 3.09. The van der Waals surface area contributed by atoms with Crippen LogP contribution in [0.15, 0.2) is 48.7 Å². The molecule has 2 aromatic heterocycles. The second kappa shape index (κ2) is 4.27. The Kier molecular flexibility index (Phi) is 2.61. The maximum absolute atomic E-state index is 9.30. The quantitative estimate of drug-likeness (QED) is 0.745. The summed E-state index contributed by atoms with van der Waals surface area (Å²) in [5.41, 5.74) is 4.96. The van der Waals surface area contributed by atoms with Crippen molar-refractivity contribution in [2.24, 2.45) is 0 Å². The van der Waals surface area contributed by atoms with Gasteiger partial charge >= 0.3 is 0 Å². The molecule has 0 fully saturated rings. The van der Waals surface area contributed by atoms with Crippen molar-refractivity contribution in [2.45, 2.75) is 13.5 Å². The molecular weight excluding hydrogens is 224 g/mol. The maximum atomic E-state index is 9.30. The van der Waals surface area contributed by atoms with Gasteiger partial charge in [0, 0.05) is 17.5 Å². The summed E-state index contributed by atoms with van der Waals surface area (Å²) in [5.74, 6) is 0. The first-order valence-electron chi connectivity index (χ1n) is 5.93. The fourth-order valence-electron chi connectivity index (χ4n) is 2.06. The zero-order valence-electron chi connectivity index (χ0n) is 10.2. The average molecular weight is 238 g/mol. The topological polar surface area (TPSA) is 37.5 Å². The van der Waals surface area contributed by atoms with Gasteiger partial charge < -0.3 is 9.51 Å². The molecule has 0 aliphatic rings. The van der Waals surface area contributed by atoms with Gasteiger partial charge in [0.05, 0.1) is 12.3 Å². The normalized spacial score (nSPS) is 11.0. The zero-order chi connectivity index (χ0) is 12.5. The van der Waals surface area contributed by atoms with Gasteiger partial charge in [0.2, 0.25) is 0 Å². The summed E-state index contributed by atoms with van der Waals surface area (Å²) in [7, 11) is 0. The number of aryl methyl sites for hydroxylation is 1. The fourth-order valence-corrected chi connectivity index (χ4v) is 2.06. The number of nitrogens with zero attached hydrogens (tertiary/aromatic N) is 2. The van der Waals surface area contributed by atoms with Gasteiger partial charge in [-0.3, -0.25) is 0 Å². The van der Waals surface area contributed by atoms with Crippen LogP contribution in [0, 0.1) is 6.92 Å². The largest absolute Gasteiger partial charge is 0.390 e. The molecule has 3 nitrogen and oxygen atoms in total. The highest BCUT2D eigenvalue weighted by Crippen LogP contribution is 2.20. The Morgan fingerprint density at radius 1 is 1.11 bits per heavy atom. The molecule has 3 heteroatoms. The van der Waals surface area contributed by atoms with Crippen LogP contribution in [0.3, 0.4) is 0 Å². The molecule has 0 bridgehead atoms. The minimum absolute atomic E-state index is 0.0149. The first-order valence-corrected chi connectivity index (χ1v) is 5.93. The van der Waals surface area contributed by atoms with E-state index in [0.29, 0.717) is 0 Å². The number of fused-ring (bicyclic) bond motifs is 1.